The number of ether oxygens (including phenoxy) is 1. The molecule has 1 aromatic heterocycles. The maximum atomic E-state index is 5.10. The van der Waals surface area contributed by atoms with Gasteiger partial charge >= 0.3 is 0 Å². The number of hydrogen-bond acceptors (Lipinski definition) is 5. The van der Waals surface area contributed by atoms with E-state index in [0.29, 0.717) is 13.2 Å². The summed E-state index contributed by atoms with van der Waals surface area (Å²) in [5.41, 5.74) is 2.03. The fourth-order valence-corrected chi connectivity index (χ4v) is 1.62. The van der Waals surface area contributed by atoms with Crippen LogP contribution in [0, 0.1) is 0 Å². The summed E-state index contributed by atoms with van der Waals surface area (Å²) in [4.78, 5) is 0. The van der Waals surface area contributed by atoms with Crippen molar-refractivity contribution >= 4 is 0 Å². The van der Waals surface area contributed by atoms with Crippen molar-refractivity contribution in [3.8, 4) is 5.69 Å². The van der Waals surface area contributed by atoms with Gasteiger partial charge in [-0.05, 0) is 35.2 Å². The van der Waals surface area contributed by atoms with E-state index in [9.17, 15) is 0 Å². The van der Waals surface area contributed by atoms with Crippen molar-refractivity contribution in [3.63, 3.8) is 0 Å². The topological polar surface area (TPSA) is 64.9 Å². The Labute approximate surface area is 99.6 Å². The molecule has 0 amide bonds. The van der Waals surface area contributed by atoms with Gasteiger partial charge in [0.15, 0.2) is 5.82 Å². The molecular formula is C11H15N5O. The molecule has 0 unspecified atom stereocenters. The molecular weight excluding hydrogens is 218 g/mol. The molecule has 0 saturated carbocycles. The Bertz CT molecular complexity index is 482. The zero-order valence-electron chi connectivity index (χ0n) is 9.92. The van der Waals surface area contributed by atoms with Crippen LogP contribution in [0.3, 0.4) is 0 Å². The molecule has 6 nitrogen and oxygen atoms in total. The molecule has 2 aromatic rings. The number of methoxy groups -OCH3 is 1. The number of aromatic nitrogens is 4. The summed E-state index contributed by atoms with van der Waals surface area (Å²) in [6.45, 7) is 1.21. The van der Waals surface area contributed by atoms with Crippen LogP contribution >= 0.6 is 0 Å². The molecule has 90 valence electrons. The van der Waals surface area contributed by atoms with Gasteiger partial charge in [0, 0.05) is 7.11 Å². The standard InChI is InChI=1S/C11H15N5O/c1-12-7-11-13-14-15-16(11)10-5-3-4-9(6-10)8-17-2/h3-6,12H,7-8H2,1-2H3. The fraction of sp³-hybridized carbons (Fsp3) is 0.364. The summed E-state index contributed by atoms with van der Waals surface area (Å²) in [6.07, 6.45) is 0. The first-order chi connectivity index (χ1) is 8.35. The highest BCUT2D eigenvalue weighted by atomic mass is 16.5. The number of nitrogens with zero attached hydrogens (tertiary/aromatic N) is 4. The minimum Gasteiger partial charge on any atom is -0.380 e. The quantitative estimate of drug-likeness (QED) is 0.816. The van der Waals surface area contributed by atoms with Crippen LogP contribution < -0.4 is 5.32 Å². The second-order valence-corrected chi connectivity index (χ2v) is 3.64. The minimum atomic E-state index is 0.581. The van der Waals surface area contributed by atoms with Gasteiger partial charge in [-0.1, -0.05) is 12.1 Å². The molecule has 0 fully saturated rings. The van der Waals surface area contributed by atoms with Gasteiger partial charge in [0.05, 0.1) is 18.8 Å². The third-order valence-electron chi connectivity index (χ3n) is 2.34. The van der Waals surface area contributed by atoms with Crippen LogP contribution in [0.4, 0.5) is 0 Å². The molecule has 0 saturated heterocycles. The lowest BCUT2D eigenvalue weighted by atomic mass is 10.2. The summed E-state index contributed by atoms with van der Waals surface area (Å²) in [5, 5.41) is 14.7. The van der Waals surface area contributed by atoms with E-state index in [0.717, 1.165) is 17.1 Å². The van der Waals surface area contributed by atoms with E-state index in [2.05, 4.69) is 20.8 Å². The van der Waals surface area contributed by atoms with Crippen molar-refractivity contribution in [3.05, 3.63) is 35.7 Å². The molecule has 1 aromatic carbocycles. The number of hydrogen-bond donors (Lipinski definition) is 1. The third-order valence-corrected chi connectivity index (χ3v) is 2.34. The van der Waals surface area contributed by atoms with Gasteiger partial charge in [0.25, 0.3) is 0 Å². The summed E-state index contributed by atoms with van der Waals surface area (Å²) in [6, 6.07) is 7.96. The van der Waals surface area contributed by atoms with E-state index in [-0.39, 0.29) is 0 Å². The van der Waals surface area contributed by atoms with Gasteiger partial charge < -0.3 is 10.1 Å². The highest BCUT2D eigenvalue weighted by Crippen LogP contribution is 2.11. The highest BCUT2D eigenvalue weighted by Gasteiger charge is 2.07. The number of rotatable bonds is 5. The molecule has 0 aliphatic rings. The van der Waals surface area contributed by atoms with Crippen molar-refractivity contribution < 1.29 is 4.74 Å². The molecule has 6 heteroatoms. The molecule has 0 radical (unpaired) electrons. The minimum absolute atomic E-state index is 0.581. The second-order valence-electron chi connectivity index (χ2n) is 3.64. The normalized spacial score (nSPS) is 10.7. The van der Waals surface area contributed by atoms with E-state index in [4.69, 9.17) is 4.74 Å². The summed E-state index contributed by atoms with van der Waals surface area (Å²) >= 11 is 0. The van der Waals surface area contributed by atoms with E-state index < -0.39 is 0 Å². The van der Waals surface area contributed by atoms with E-state index >= 15 is 0 Å². The molecule has 0 aliphatic heterocycles. The van der Waals surface area contributed by atoms with Crippen molar-refractivity contribution in [1.82, 2.24) is 25.5 Å². The van der Waals surface area contributed by atoms with Crippen molar-refractivity contribution in [2.75, 3.05) is 14.2 Å². The molecule has 0 atom stereocenters. The van der Waals surface area contributed by atoms with Gasteiger partial charge in [-0.3, -0.25) is 0 Å². The summed E-state index contributed by atoms with van der Waals surface area (Å²) in [5.74, 6) is 0.780. The average molecular weight is 233 g/mol. The Balaban J connectivity index is 2.31. The smallest absolute Gasteiger partial charge is 0.170 e. The summed E-state index contributed by atoms with van der Waals surface area (Å²) < 4.78 is 6.82. The highest BCUT2D eigenvalue weighted by molar-refractivity contribution is 5.35. The maximum absolute atomic E-state index is 5.10. The first-order valence-corrected chi connectivity index (χ1v) is 5.35. The van der Waals surface area contributed by atoms with E-state index in [1.54, 1.807) is 11.8 Å². The van der Waals surface area contributed by atoms with Gasteiger partial charge in [0.1, 0.15) is 0 Å². The Kier molecular flexibility index (Phi) is 3.79. The van der Waals surface area contributed by atoms with Crippen molar-refractivity contribution in [2.24, 2.45) is 0 Å². The Morgan fingerprint density at radius 1 is 1.41 bits per heavy atom. The van der Waals surface area contributed by atoms with Crippen LogP contribution in [0.15, 0.2) is 24.3 Å². The monoisotopic (exact) mass is 233 g/mol. The van der Waals surface area contributed by atoms with Crippen LogP contribution in [0.1, 0.15) is 11.4 Å². The lowest BCUT2D eigenvalue weighted by Gasteiger charge is -2.06. The van der Waals surface area contributed by atoms with Crippen LogP contribution in [-0.2, 0) is 17.9 Å². The Morgan fingerprint density at radius 3 is 3.06 bits per heavy atom. The predicted octanol–water partition coefficient (Wildman–Crippen LogP) is 0.528. The molecule has 2 rings (SSSR count). The Hall–Kier alpha value is -1.79. The van der Waals surface area contributed by atoms with Gasteiger partial charge in [-0.25, -0.2) is 0 Å². The maximum Gasteiger partial charge on any atom is 0.170 e. The average Bonchev–Trinajstić information content (AvgIpc) is 2.79. The SMILES string of the molecule is CNCc1nnnn1-c1cccc(COC)c1. The number of nitrogens with one attached hydrogen (secondary N) is 1. The second kappa shape index (κ2) is 5.51. The van der Waals surface area contributed by atoms with E-state index in [1.807, 2.05) is 31.3 Å². The molecule has 0 spiro atoms. The van der Waals surface area contributed by atoms with E-state index in [1.165, 1.54) is 0 Å². The van der Waals surface area contributed by atoms with Crippen LogP contribution in [0.2, 0.25) is 0 Å². The molecule has 1 heterocycles. The largest absolute Gasteiger partial charge is 0.380 e. The predicted molar refractivity (Wildman–Crippen MR) is 62.6 cm³/mol. The van der Waals surface area contributed by atoms with Gasteiger partial charge in [-0.15, -0.1) is 5.10 Å². The molecule has 0 aliphatic carbocycles. The number of benzene rings is 1. The van der Waals surface area contributed by atoms with Gasteiger partial charge in [-0.2, -0.15) is 4.68 Å². The van der Waals surface area contributed by atoms with Crippen molar-refractivity contribution in [2.45, 2.75) is 13.2 Å². The first kappa shape index (κ1) is 11.7. The zero-order chi connectivity index (χ0) is 12.1. The third kappa shape index (κ3) is 2.66. The lowest BCUT2D eigenvalue weighted by Crippen LogP contribution is -2.12. The lowest BCUT2D eigenvalue weighted by molar-refractivity contribution is 0.185. The summed E-state index contributed by atoms with van der Waals surface area (Å²) in [7, 11) is 3.54. The van der Waals surface area contributed by atoms with Crippen molar-refractivity contribution in [1.29, 1.82) is 0 Å². The van der Waals surface area contributed by atoms with Crippen LogP contribution in [0.5, 0.6) is 0 Å². The Morgan fingerprint density at radius 2 is 2.29 bits per heavy atom. The zero-order valence-corrected chi connectivity index (χ0v) is 9.92. The first-order valence-electron chi connectivity index (χ1n) is 5.35. The van der Waals surface area contributed by atoms with Crippen LogP contribution in [-0.4, -0.2) is 34.4 Å². The van der Waals surface area contributed by atoms with Gasteiger partial charge in [0.2, 0.25) is 0 Å². The molecule has 17 heavy (non-hydrogen) atoms. The molecule has 0 bridgehead atoms. The van der Waals surface area contributed by atoms with Crippen LogP contribution in [0.25, 0.3) is 5.69 Å². The molecule has 1 N–H and O–H groups in total. The fourth-order valence-electron chi connectivity index (χ4n) is 1.62. The number of tetrazole rings is 1.